The summed E-state index contributed by atoms with van der Waals surface area (Å²) in [6, 6.07) is 8.52. The summed E-state index contributed by atoms with van der Waals surface area (Å²) >= 11 is 5.84. The maximum atomic E-state index is 12.4. The number of likely N-dealkylation sites (tertiary alicyclic amines) is 1. The molecule has 1 saturated carbocycles. The van der Waals surface area contributed by atoms with Gasteiger partial charge in [0.15, 0.2) is 0 Å². The van der Waals surface area contributed by atoms with Gasteiger partial charge in [0.25, 0.3) is 0 Å². The first-order chi connectivity index (χ1) is 13.5. The van der Waals surface area contributed by atoms with Crippen LogP contribution in [0.25, 0.3) is 6.08 Å². The summed E-state index contributed by atoms with van der Waals surface area (Å²) in [5.41, 5.74) is 0.888. The van der Waals surface area contributed by atoms with E-state index in [-0.39, 0.29) is 18.4 Å². The van der Waals surface area contributed by atoms with Crippen molar-refractivity contribution in [2.45, 2.75) is 50.6 Å². The lowest BCUT2D eigenvalue weighted by molar-refractivity contribution is -0.133. The first-order valence-corrected chi connectivity index (χ1v) is 10.6. The molecule has 0 spiro atoms. The molecular formula is C22H30ClN3O2. The maximum Gasteiger partial charge on any atom is 0.244 e. The highest BCUT2D eigenvalue weighted by Gasteiger charge is 2.29. The van der Waals surface area contributed by atoms with E-state index in [1.807, 2.05) is 17.0 Å². The van der Waals surface area contributed by atoms with E-state index in [1.54, 1.807) is 18.2 Å². The molecule has 6 heteroatoms. The average Bonchev–Trinajstić information content (AvgIpc) is 3.26. The molecule has 2 aliphatic rings. The van der Waals surface area contributed by atoms with Crippen LogP contribution in [0.3, 0.4) is 0 Å². The number of hydrogen-bond acceptors (Lipinski definition) is 3. The first kappa shape index (κ1) is 20.9. The molecule has 1 aromatic carbocycles. The minimum absolute atomic E-state index is 0.00443. The van der Waals surface area contributed by atoms with E-state index in [4.69, 9.17) is 11.6 Å². The largest absolute Gasteiger partial charge is 0.343 e. The van der Waals surface area contributed by atoms with Gasteiger partial charge in [-0.2, -0.15) is 0 Å². The van der Waals surface area contributed by atoms with Gasteiger partial charge in [-0.1, -0.05) is 36.6 Å². The second-order valence-corrected chi connectivity index (χ2v) is 8.25. The lowest BCUT2D eigenvalue weighted by atomic mass is 10.0. The molecule has 5 nitrogen and oxygen atoms in total. The molecular weight excluding hydrogens is 374 g/mol. The Morgan fingerprint density at radius 2 is 1.71 bits per heavy atom. The van der Waals surface area contributed by atoms with Gasteiger partial charge in [0.2, 0.25) is 11.8 Å². The van der Waals surface area contributed by atoms with E-state index in [9.17, 15) is 9.59 Å². The Bertz CT molecular complexity index is 690. The number of carbonyl (C=O) groups excluding carboxylic acids is 2. The minimum Gasteiger partial charge on any atom is -0.343 e. The number of hydrogen-bond donors (Lipinski definition) is 1. The number of nitrogens with zero attached hydrogens (tertiary/aromatic N) is 2. The summed E-state index contributed by atoms with van der Waals surface area (Å²) in [5.74, 6) is -0.269. The Morgan fingerprint density at radius 1 is 1.11 bits per heavy atom. The number of piperidine rings is 1. The van der Waals surface area contributed by atoms with Gasteiger partial charge in [0.1, 0.15) is 0 Å². The monoisotopic (exact) mass is 403 g/mol. The van der Waals surface area contributed by atoms with Crippen molar-refractivity contribution in [1.29, 1.82) is 0 Å². The van der Waals surface area contributed by atoms with Crippen LogP contribution >= 0.6 is 11.6 Å². The van der Waals surface area contributed by atoms with Gasteiger partial charge in [-0.05, 0) is 56.5 Å². The van der Waals surface area contributed by atoms with Gasteiger partial charge in [0.05, 0.1) is 6.54 Å². The summed E-state index contributed by atoms with van der Waals surface area (Å²) in [6.07, 6.45) is 10.5. The molecule has 2 fully saturated rings. The van der Waals surface area contributed by atoms with Crippen LogP contribution in [-0.4, -0.2) is 60.4 Å². The lowest BCUT2D eigenvalue weighted by Gasteiger charge is -2.39. The zero-order chi connectivity index (χ0) is 19.9. The molecule has 1 saturated heterocycles. The number of carbonyl (C=O) groups is 2. The van der Waals surface area contributed by atoms with Crippen LogP contribution in [-0.2, 0) is 9.59 Å². The summed E-state index contributed by atoms with van der Waals surface area (Å²) in [4.78, 5) is 28.8. The molecule has 3 rings (SSSR count). The topological polar surface area (TPSA) is 52.6 Å². The SMILES string of the molecule is CN(C1CCCC1)C1CCN(C(=O)CNC(=O)/C=C/c2ccc(Cl)cc2)CC1. The van der Waals surface area contributed by atoms with Crippen LogP contribution in [0.1, 0.15) is 44.1 Å². The van der Waals surface area contributed by atoms with Crippen molar-refractivity contribution in [1.82, 2.24) is 15.1 Å². The standard InChI is InChI=1S/C22H30ClN3O2/c1-25(19-4-2-3-5-19)20-12-14-26(15-13-20)22(28)16-24-21(27)11-8-17-6-9-18(23)10-7-17/h6-11,19-20H,2-5,12-16H2,1H3,(H,24,27)/b11-8+. The van der Waals surface area contributed by atoms with Gasteiger partial charge >= 0.3 is 0 Å². The highest BCUT2D eigenvalue weighted by atomic mass is 35.5. The molecule has 1 N–H and O–H groups in total. The number of nitrogens with one attached hydrogen (secondary N) is 1. The van der Waals surface area contributed by atoms with Gasteiger partial charge in [-0.3, -0.25) is 9.59 Å². The predicted octanol–water partition coefficient (Wildman–Crippen LogP) is 3.33. The van der Waals surface area contributed by atoms with Crippen molar-refractivity contribution in [3.8, 4) is 0 Å². The van der Waals surface area contributed by atoms with Crippen LogP contribution in [0.5, 0.6) is 0 Å². The van der Waals surface area contributed by atoms with Crippen LogP contribution in [0, 0.1) is 0 Å². The normalized spacial score (nSPS) is 18.9. The Kier molecular flexibility index (Phi) is 7.51. The number of halogens is 1. The average molecular weight is 404 g/mol. The highest BCUT2D eigenvalue weighted by Crippen LogP contribution is 2.27. The Labute approximate surface area is 172 Å². The van der Waals surface area contributed by atoms with Crippen molar-refractivity contribution in [3.05, 3.63) is 40.9 Å². The molecule has 2 amide bonds. The third kappa shape index (κ3) is 5.82. The van der Waals surface area contributed by atoms with Crippen molar-refractivity contribution in [2.75, 3.05) is 26.7 Å². The molecule has 28 heavy (non-hydrogen) atoms. The van der Waals surface area contributed by atoms with E-state index in [2.05, 4.69) is 17.3 Å². The van der Waals surface area contributed by atoms with Crippen molar-refractivity contribution >= 4 is 29.5 Å². The molecule has 0 unspecified atom stereocenters. The lowest BCUT2D eigenvalue weighted by Crippen LogP contribution is -2.49. The summed E-state index contributed by atoms with van der Waals surface area (Å²) in [6.45, 7) is 1.60. The van der Waals surface area contributed by atoms with Crippen LogP contribution in [0.15, 0.2) is 30.3 Å². The summed E-state index contributed by atoms with van der Waals surface area (Å²) in [7, 11) is 2.24. The summed E-state index contributed by atoms with van der Waals surface area (Å²) in [5, 5.41) is 3.34. The van der Waals surface area contributed by atoms with E-state index < -0.39 is 0 Å². The zero-order valence-corrected chi connectivity index (χ0v) is 17.3. The van der Waals surface area contributed by atoms with Gasteiger partial charge < -0.3 is 15.1 Å². The molecule has 1 heterocycles. The van der Waals surface area contributed by atoms with Gasteiger partial charge in [-0.25, -0.2) is 0 Å². The second kappa shape index (κ2) is 10.1. The van der Waals surface area contributed by atoms with Crippen molar-refractivity contribution in [2.24, 2.45) is 0 Å². The minimum atomic E-state index is -0.265. The molecule has 1 aliphatic carbocycles. The van der Waals surface area contributed by atoms with E-state index in [0.717, 1.165) is 37.5 Å². The van der Waals surface area contributed by atoms with Crippen LogP contribution in [0.2, 0.25) is 5.02 Å². The third-order valence-corrected chi connectivity index (χ3v) is 6.26. The molecule has 0 aromatic heterocycles. The van der Waals surface area contributed by atoms with Crippen molar-refractivity contribution < 1.29 is 9.59 Å². The smallest absolute Gasteiger partial charge is 0.244 e. The van der Waals surface area contributed by atoms with Crippen molar-refractivity contribution in [3.63, 3.8) is 0 Å². The Morgan fingerprint density at radius 3 is 2.36 bits per heavy atom. The second-order valence-electron chi connectivity index (χ2n) is 7.82. The molecule has 0 atom stereocenters. The Balaban J connectivity index is 1.38. The highest BCUT2D eigenvalue weighted by molar-refractivity contribution is 6.30. The Hall–Kier alpha value is -1.85. The zero-order valence-electron chi connectivity index (χ0n) is 16.6. The molecule has 0 bridgehead atoms. The maximum absolute atomic E-state index is 12.4. The number of amides is 2. The molecule has 1 aromatic rings. The number of benzene rings is 1. The fourth-order valence-electron chi connectivity index (χ4n) is 4.21. The molecule has 152 valence electrons. The quantitative estimate of drug-likeness (QED) is 0.741. The van der Waals surface area contributed by atoms with Gasteiger partial charge in [0, 0.05) is 36.3 Å². The van der Waals surface area contributed by atoms with Gasteiger partial charge in [-0.15, -0.1) is 0 Å². The molecule has 0 radical (unpaired) electrons. The van der Waals surface area contributed by atoms with Crippen LogP contribution < -0.4 is 5.32 Å². The molecule has 1 aliphatic heterocycles. The van der Waals surface area contributed by atoms with E-state index in [1.165, 1.54) is 31.8 Å². The number of rotatable bonds is 6. The predicted molar refractivity (Wildman–Crippen MR) is 113 cm³/mol. The first-order valence-electron chi connectivity index (χ1n) is 10.2. The fourth-order valence-corrected chi connectivity index (χ4v) is 4.34. The van der Waals surface area contributed by atoms with Crippen LogP contribution in [0.4, 0.5) is 0 Å². The third-order valence-electron chi connectivity index (χ3n) is 6.00. The fraction of sp³-hybridized carbons (Fsp3) is 0.545. The van der Waals surface area contributed by atoms with E-state index in [0.29, 0.717) is 11.1 Å². The summed E-state index contributed by atoms with van der Waals surface area (Å²) < 4.78 is 0. The van der Waals surface area contributed by atoms with E-state index >= 15 is 0 Å².